The van der Waals surface area contributed by atoms with Crippen LogP contribution in [0.1, 0.15) is 39.0 Å². The summed E-state index contributed by atoms with van der Waals surface area (Å²) in [4.78, 5) is 13.8. The molecule has 1 fully saturated rings. The minimum atomic E-state index is -0.257. The maximum atomic E-state index is 11.0. The number of hydrogen-bond donors (Lipinski definition) is 2. The summed E-state index contributed by atoms with van der Waals surface area (Å²) >= 11 is 4.98. The van der Waals surface area contributed by atoms with Gasteiger partial charge in [0.05, 0.1) is 11.5 Å². The number of hydrogen-bond acceptors (Lipinski definition) is 3. The molecule has 4 N–H and O–H groups in total. The lowest BCUT2D eigenvalue weighted by Gasteiger charge is -2.26. The zero-order valence-electron chi connectivity index (χ0n) is 10.6. The van der Waals surface area contributed by atoms with Crippen LogP contribution in [-0.2, 0) is 4.79 Å². The van der Waals surface area contributed by atoms with E-state index >= 15 is 0 Å². The maximum Gasteiger partial charge on any atom is 0.231 e. The van der Waals surface area contributed by atoms with Crippen molar-refractivity contribution in [2.75, 3.05) is 19.6 Å². The quantitative estimate of drug-likeness (QED) is 0.605. The summed E-state index contributed by atoms with van der Waals surface area (Å²) in [5, 5.41) is 0. The number of carbonyl (C=O) groups excluding carboxylic acids is 1. The topological polar surface area (TPSA) is 72.3 Å². The van der Waals surface area contributed by atoms with Gasteiger partial charge in [0.2, 0.25) is 5.91 Å². The lowest BCUT2D eigenvalue weighted by molar-refractivity contribution is -0.119. The monoisotopic (exact) mass is 257 g/mol. The molecule has 0 saturated heterocycles. The van der Waals surface area contributed by atoms with E-state index in [9.17, 15) is 4.79 Å². The van der Waals surface area contributed by atoms with Crippen LogP contribution in [0.25, 0.3) is 0 Å². The summed E-state index contributed by atoms with van der Waals surface area (Å²) in [6.45, 7) is 4.31. The smallest absolute Gasteiger partial charge is 0.231 e. The second kappa shape index (κ2) is 6.31. The van der Waals surface area contributed by atoms with Gasteiger partial charge in [0.25, 0.3) is 0 Å². The SMILES string of the molecule is CCCCN(CC(N)=O)CC1(CC(N)=S)CC1. The lowest BCUT2D eigenvalue weighted by Crippen LogP contribution is -2.39. The fourth-order valence-electron chi connectivity index (χ4n) is 2.23. The van der Waals surface area contributed by atoms with E-state index in [-0.39, 0.29) is 11.3 Å². The molecule has 1 rings (SSSR count). The number of nitrogens with two attached hydrogens (primary N) is 2. The highest BCUT2D eigenvalue weighted by Gasteiger charge is 2.44. The number of nitrogens with zero attached hydrogens (tertiary/aromatic N) is 1. The van der Waals surface area contributed by atoms with Gasteiger partial charge in [-0.25, -0.2) is 0 Å². The maximum absolute atomic E-state index is 11.0. The number of unbranched alkanes of at least 4 members (excludes halogenated alkanes) is 1. The normalized spacial score (nSPS) is 17.1. The van der Waals surface area contributed by atoms with Crippen LogP contribution in [0.3, 0.4) is 0 Å². The number of rotatable bonds is 9. The third-order valence-electron chi connectivity index (χ3n) is 3.27. The summed E-state index contributed by atoms with van der Waals surface area (Å²) in [5.41, 5.74) is 11.1. The van der Waals surface area contributed by atoms with Gasteiger partial charge in [-0.15, -0.1) is 0 Å². The second-order valence-corrected chi connectivity index (χ2v) is 5.70. The van der Waals surface area contributed by atoms with Gasteiger partial charge in [-0.3, -0.25) is 9.69 Å². The summed E-state index contributed by atoms with van der Waals surface area (Å²) in [6.07, 6.45) is 5.33. The molecule has 1 aliphatic carbocycles. The third-order valence-corrected chi connectivity index (χ3v) is 3.42. The Hall–Kier alpha value is -0.680. The van der Waals surface area contributed by atoms with E-state index < -0.39 is 0 Å². The van der Waals surface area contributed by atoms with Crippen molar-refractivity contribution in [2.45, 2.75) is 39.0 Å². The Balaban J connectivity index is 2.46. The van der Waals surface area contributed by atoms with Crippen LogP contribution in [0.2, 0.25) is 0 Å². The van der Waals surface area contributed by atoms with E-state index in [1.807, 2.05) is 0 Å². The van der Waals surface area contributed by atoms with Crippen LogP contribution in [0.15, 0.2) is 0 Å². The standard InChI is InChI=1S/C12H23N3OS/c1-2-3-6-15(8-10(13)16)9-12(4-5-12)7-11(14)17/h2-9H2,1H3,(H2,13,16)(H2,14,17). The molecule has 0 spiro atoms. The first-order valence-corrected chi connectivity index (χ1v) is 6.67. The van der Waals surface area contributed by atoms with E-state index in [0.29, 0.717) is 11.5 Å². The van der Waals surface area contributed by atoms with Gasteiger partial charge in [0, 0.05) is 13.0 Å². The minimum Gasteiger partial charge on any atom is -0.393 e. The molecule has 1 amide bonds. The molecule has 4 nitrogen and oxygen atoms in total. The van der Waals surface area contributed by atoms with Gasteiger partial charge in [0.1, 0.15) is 0 Å². The zero-order valence-corrected chi connectivity index (χ0v) is 11.4. The Morgan fingerprint density at radius 1 is 1.41 bits per heavy atom. The summed E-state index contributed by atoms with van der Waals surface area (Å²) in [5.74, 6) is -0.257. The molecule has 0 radical (unpaired) electrons. The molecule has 17 heavy (non-hydrogen) atoms. The van der Waals surface area contributed by atoms with Crippen LogP contribution in [-0.4, -0.2) is 35.4 Å². The summed E-state index contributed by atoms with van der Waals surface area (Å²) in [6, 6.07) is 0. The van der Waals surface area contributed by atoms with Crippen molar-refractivity contribution in [3.63, 3.8) is 0 Å². The fourth-order valence-corrected chi connectivity index (χ4v) is 2.53. The van der Waals surface area contributed by atoms with E-state index in [4.69, 9.17) is 23.7 Å². The van der Waals surface area contributed by atoms with Crippen molar-refractivity contribution >= 4 is 23.1 Å². The largest absolute Gasteiger partial charge is 0.393 e. The highest BCUT2D eigenvalue weighted by molar-refractivity contribution is 7.80. The molecule has 0 aromatic rings. The molecule has 1 saturated carbocycles. The van der Waals surface area contributed by atoms with Gasteiger partial charge in [-0.05, 0) is 31.2 Å². The first-order chi connectivity index (χ1) is 7.97. The summed E-state index contributed by atoms with van der Waals surface area (Å²) < 4.78 is 0. The van der Waals surface area contributed by atoms with E-state index in [0.717, 1.165) is 45.2 Å². The number of primary amides is 1. The van der Waals surface area contributed by atoms with Gasteiger partial charge >= 0.3 is 0 Å². The molecule has 0 bridgehead atoms. The highest BCUT2D eigenvalue weighted by atomic mass is 32.1. The van der Waals surface area contributed by atoms with Crippen LogP contribution in [0.5, 0.6) is 0 Å². The predicted octanol–water partition coefficient (Wildman–Crippen LogP) is 1.03. The molecule has 0 heterocycles. The van der Waals surface area contributed by atoms with Gasteiger partial charge in [0.15, 0.2) is 0 Å². The van der Waals surface area contributed by atoms with Gasteiger partial charge in [-0.2, -0.15) is 0 Å². The molecule has 0 aliphatic heterocycles. The molecule has 0 aromatic carbocycles. The van der Waals surface area contributed by atoms with Crippen molar-refractivity contribution < 1.29 is 4.79 Å². The molecule has 98 valence electrons. The molecular weight excluding hydrogens is 234 g/mol. The Labute approximate surface area is 109 Å². The summed E-state index contributed by atoms with van der Waals surface area (Å²) in [7, 11) is 0. The van der Waals surface area contributed by atoms with Crippen molar-refractivity contribution in [3.05, 3.63) is 0 Å². The van der Waals surface area contributed by atoms with Crippen LogP contribution in [0.4, 0.5) is 0 Å². The number of carbonyl (C=O) groups is 1. The molecule has 5 heteroatoms. The average Bonchev–Trinajstić information content (AvgIpc) is 2.92. The van der Waals surface area contributed by atoms with Crippen molar-refractivity contribution in [1.82, 2.24) is 4.90 Å². The Bertz CT molecular complexity index is 289. The molecule has 0 atom stereocenters. The molecule has 1 aliphatic rings. The predicted molar refractivity (Wildman–Crippen MR) is 73.6 cm³/mol. The molecule has 0 aromatic heterocycles. The van der Waals surface area contributed by atoms with Gasteiger partial charge in [-0.1, -0.05) is 25.6 Å². The third kappa shape index (κ3) is 5.46. The van der Waals surface area contributed by atoms with Crippen LogP contribution < -0.4 is 11.5 Å². The van der Waals surface area contributed by atoms with Crippen molar-refractivity contribution in [3.8, 4) is 0 Å². The first kappa shape index (κ1) is 14.4. The second-order valence-electron chi connectivity index (χ2n) is 5.17. The fraction of sp³-hybridized carbons (Fsp3) is 0.833. The van der Waals surface area contributed by atoms with Crippen LogP contribution in [0, 0.1) is 5.41 Å². The van der Waals surface area contributed by atoms with E-state index in [1.165, 1.54) is 0 Å². The van der Waals surface area contributed by atoms with E-state index in [2.05, 4.69) is 11.8 Å². The number of thiocarbonyl (C=S) groups is 1. The molecular formula is C12H23N3OS. The van der Waals surface area contributed by atoms with Crippen LogP contribution >= 0.6 is 12.2 Å². The number of amides is 1. The lowest BCUT2D eigenvalue weighted by atomic mass is 10.0. The minimum absolute atomic E-state index is 0.231. The Morgan fingerprint density at radius 2 is 2.06 bits per heavy atom. The highest BCUT2D eigenvalue weighted by Crippen LogP contribution is 2.49. The molecule has 0 unspecified atom stereocenters. The van der Waals surface area contributed by atoms with E-state index in [1.54, 1.807) is 0 Å². The van der Waals surface area contributed by atoms with Crippen molar-refractivity contribution in [1.29, 1.82) is 0 Å². The Morgan fingerprint density at radius 3 is 2.47 bits per heavy atom. The Kier molecular flexibility index (Phi) is 5.33. The average molecular weight is 257 g/mol. The van der Waals surface area contributed by atoms with Crippen molar-refractivity contribution in [2.24, 2.45) is 16.9 Å². The zero-order chi connectivity index (χ0) is 12.9. The first-order valence-electron chi connectivity index (χ1n) is 6.26. The van der Waals surface area contributed by atoms with Gasteiger partial charge < -0.3 is 11.5 Å².